The van der Waals surface area contributed by atoms with Crippen molar-refractivity contribution in [1.29, 1.82) is 0 Å². The van der Waals surface area contributed by atoms with Crippen molar-refractivity contribution < 1.29 is 9.53 Å². The summed E-state index contributed by atoms with van der Waals surface area (Å²) in [6.45, 7) is 7.69. The van der Waals surface area contributed by atoms with E-state index in [1.54, 1.807) is 0 Å². The summed E-state index contributed by atoms with van der Waals surface area (Å²) in [4.78, 5) is 15.1. The van der Waals surface area contributed by atoms with Crippen molar-refractivity contribution in [2.75, 3.05) is 20.2 Å². The molecule has 2 saturated carbocycles. The maximum Gasteiger partial charge on any atom is 0.326 e. The van der Waals surface area contributed by atoms with Gasteiger partial charge in [-0.3, -0.25) is 10.1 Å². The van der Waals surface area contributed by atoms with Crippen LogP contribution in [-0.4, -0.2) is 48.7 Å². The fraction of sp³-hybridized carbons (Fsp3) is 0.941. The van der Waals surface area contributed by atoms with E-state index in [9.17, 15) is 4.79 Å². The van der Waals surface area contributed by atoms with Crippen molar-refractivity contribution in [3.05, 3.63) is 0 Å². The molecule has 0 spiro atoms. The number of nitrogens with one attached hydrogen (secondary N) is 1. The first kappa shape index (κ1) is 16.8. The molecule has 2 fully saturated rings. The van der Waals surface area contributed by atoms with Crippen LogP contribution < -0.4 is 5.32 Å². The molecule has 0 amide bonds. The topological polar surface area (TPSA) is 41.6 Å². The van der Waals surface area contributed by atoms with Crippen molar-refractivity contribution >= 4 is 5.97 Å². The predicted molar refractivity (Wildman–Crippen MR) is 85.2 cm³/mol. The third-order valence-electron chi connectivity index (χ3n) is 5.01. The number of ether oxygens (including phenoxy) is 1. The van der Waals surface area contributed by atoms with Crippen LogP contribution in [-0.2, 0) is 9.53 Å². The molecule has 4 nitrogen and oxygen atoms in total. The Kier molecular flexibility index (Phi) is 5.67. The number of hydrogen-bond donors (Lipinski definition) is 1. The molecule has 0 saturated heterocycles. The third kappa shape index (κ3) is 3.98. The summed E-state index contributed by atoms with van der Waals surface area (Å²) in [7, 11) is 2.22. The Bertz CT molecular complexity index is 355. The molecule has 0 aromatic heterocycles. The quantitative estimate of drug-likeness (QED) is 0.699. The summed E-state index contributed by atoms with van der Waals surface area (Å²) in [5.74, 6) is 0.371. The lowest BCUT2D eigenvalue weighted by atomic mass is 9.83. The number of carbonyl (C=O) groups excluding carboxylic acids is 1. The molecule has 0 heterocycles. The normalized spacial score (nSPS) is 29.3. The highest BCUT2D eigenvalue weighted by molar-refractivity contribution is 5.82. The molecule has 21 heavy (non-hydrogen) atoms. The predicted octanol–water partition coefficient (Wildman–Crippen LogP) is 2.57. The molecule has 0 aliphatic heterocycles. The number of hydrogen-bond acceptors (Lipinski definition) is 4. The van der Waals surface area contributed by atoms with E-state index in [0.29, 0.717) is 18.6 Å². The van der Waals surface area contributed by atoms with E-state index >= 15 is 0 Å². The lowest BCUT2D eigenvalue weighted by Crippen LogP contribution is -2.58. The van der Waals surface area contributed by atoms with Crippen LogP contribution in [0.4, 0.5) is 0 Å². The Morgan fingerprint density at radius 2 is 2.10 bits per heavy atom. The minimum absolute atomic E-state index is 0.0322. The van der Waals surface area contributed by atoms with Gasteiger partial charge in [-0.05, 0) is 72.4 Å². The van der Waals surface area contributed by atoms with Crippen LogP contribution in [0.15, 0.2) is 0 Å². The van der Waals surface area contributed by atoms with Gasteiger partial charge in [0.15, 0.2) is 0 Å². The van der Waals surface area contributed by atoms with Gasteiger partial charge in [-0.15, -0.1) is 0 Å². The molecular weight excluding hydrogens is 264 g/mol. The van der Waals surface area contributed by atoms with E-state index in [0.717, 1.165) is 38.3 Å². The summed E-state index contributed by atoms with van der Waals surface area (Å²) in [5.41, 5.74) is -0.450. The number of esters is 1. The second-order valence-electron chi connectivity index (χ2n) is 7.08. The first-order chi connectivity index (χ1) is 9.99. The Labute approximate surface area is 129 Å². The molecule has 0 radical (unpaired) electrons. The molecule has 0 aromatic rings. The zero-order valence-corrected chi connectivity index (χ0v) is 14.2. The maximum absolute atomic E-state index is 12.6. The van der Waals surface area contributed by atoms with E-state index in [4.69, 9.17) is 4.74 Å². The molecule has 2 rings (SSSR count). The van der Waals surface area contributed by atoms with Gasteiger partial charge in [-0.25, -0.2) is 0 Å². The third-order valence-corrected chi connectivity index (χ3v) is 5.01. The van der Waals surface area contributed by atoms with E-state index < -0.39 is 5.54 Å². The SMILES string of the molecule is CCOC(=O)C1(NC(C)C)CCCC1CCN(C)C1CC1. The van der Waals surface area contributed by atoms with Gasteiger partial charge in [0, 0.05) is 12.1 Å². The average molecular weight is 296 g/mol. The maximum atomic E-state index is 12.6. The second kappa shape index (κ2) is 7.10. The van der Waals surface area contributed by atoms with Gasteiger partial charge in [-0.2, -0.15) is 0 Å². The molecule has 0 aromatic carbocycles. The summed E-state index contributed by atoms with van der Waals surface area (Å²) in [6, 6.07) is 1.10. The highest BCUT2D eigenvalue weighted by Gasteiger charge is 2.50. The van der Waals surface area contributed by atoms with Gasteiger partial charge < -0.3 is 9.64 Å². The Morgan fingerprint density at radius 1 is 1.38 bits per heavy atom. The van der Waals surface area contributed by atoms with Crippen molar-refractivity contribution in [3.8, 4) is 0 Å². The lowest BCUT2D eigenvalue weighted by Gasteiger charge is -2.36. The van der Waals surface area contributed by atoms with Crippen LogP contribution in [0.3, 0.4) is 0 Å². The Hall–Kier alpha value is -0.610. The van der Waals surface area contributed by atoms with Crippen LogP contribution in [0.1, 0.15) is 59.3 Å². The number of nitrogens with zero attached hydrogens (tertiary/aromatic N) is 1. The molecule has 4 heteroatoms. The van der Waals surface area contributed by atoms with Crippen LogP contribution in [0.25, 0.3) is 0 Å². The molecular formula is C17H32N2O2. The highest BCUT2D eigenvalue weighted by Crippen LogP contribution is 2.40. The molecule has 2 aliphatic carbocycles. The van der Waals surface area contributed by atoms with E-state index in [1.807, 2.05) is 6.92 Å². The standard InChI is InChI=1S/C17H32N2O2/c1-5-21-16(20)17(18-13(2)3)11-6-7-14(17)10-12-19(4)15-8-9-15/h13-15,18H,5-12H2,1-4H3. The molecule has 2 unspecified atom stereocenters. The molecule has 122 valence electrons. The summed E-state index contributed by atoms with van der Waals surface area (Å²) < 4.78 is 5.41. The van der Waals surface area contributed by atoms with Crippen molar-refractivity contribution in [2.45, 2.75) is 76.9 Å². The van der Waals surface area contributed by atoms with Gasteiger partial charge >= 0.3 is 5.97 Å². The first-order valence-corrected chi connectivity index (χ1v) is 8.64. The minimum Gasteiger partial charge on any atom is -0.465 e. The van der Waals surface area contributed by atoms with Crippen molar-refractivity contribution in [1.82, 2.24) is 10.2 Å². The van der Waals surface area contributed by atoms with Gasteiger partial charge in [0.2, 0.25) is 0 Å². The highest BCUT2D eigenvalue weighted by atomic mass is 16.5. The van der Waals surface area contributed by atoms with Crippen molar-refractivity contribution in [2.24, 2.45) is 5.92 Å². The molecule has 2 atom stereocenters. The average Bonchev–Trinajstić information content (AvgIpc) is 3.19. The van der Waals surface area contributed by atoms with Crippen LogP contribution in [0, 0.1) is 5.92 Å². The monoisotopic (exact) mass is 296 g/mol. The van der Waals surface area contributed by atoms with Gasteiger partial charge in [-0.1, -0.05) is 6.42 Å². The fourth-order valence-electron chi connectivity index (χ4n) is 3.82. The smallest absolute Gasteiger partial charge is 0.326 e. The van der Waals surface area contributed by atoms with Crippen LogP contribution >= 0.6 is 0 Å². The second-order valence-corrected chi connectivity index (χ2v) is 7.08. The van der Waals surface area contributed by atoms with E-state index in [2.05, 4.69) is 31.1 Å². The summed E-state index contributed by atoms with van der Waals surface area (Å²) in [5, 5.41) is 3.57. The molecule has 0 bridgehead atoms. The summed E-state index contributed by atoms with van der Waals surface area (Å²) >= 11 is 0. The van der Waals surface area contributed by atoms with Crippen LogP contribution in [0.2, 0.25) is 0 Å². The van der Waals surface area contributed by atoms with E-state index in [-0.39, 0.29) is 5.97 Å². The Morgan fingerprint density at radius 3 is 2.67 bits per heavy atom. The number of carbonyl (C=O) groups is 1. The number of rotatable bonds is 8. The van der Waals surface area contributed by atoms with Gasteiger partial charge in [0.1, 0.15) is 5.54 Å². The fourth-order valence-corrected chi connectivity index (χ4v) is 3.82. The zero-order chi connectivity index (χ0) is 15.5. The molecule has 1 N–H and O–H groups in total. The first-order valence-electron chi connectivity index (χ1n) is 8.64. The van der Waals surface area contributed by atoms with Gasteiger partial charge in [0.05, 0.1) is 6.61 Å². The van der Waals surface area contributed by atoms with Crippen LogP contribution in [0.5, 0.6) is 0 Å². The summed E-state index contributed by atoms with van der Waals surface area (Å²) in [6.07, 6.45) is 6.95. The largest absolute Gasteiger partial charge is 0.465 e. The minimum atomic E-state index is -0.450. The molecule has 2 aliphatic rings. The van der Waals surface area contributed by atoms with Crippen molar-refractivity contribution in [3.63, 3.8) is 0 Å². The van der Waals surface area contributed by atoms with E-state index in [1.165, 1.54) is 12.8 Å². The van der Waals surface area contributed by atoms with Gasteiger partial charge in [0.25, 0.3) is 0 Å². The Balaban J connectivity index is 2.02. The zero-order valence-electron chi connectivity index (χ0n) is 14.2. The lowest BCUT2D eigenvalue weighted by molar-refractivity contribution is -0.153.